The summed E-state index contributed by atoms with van der Waals surface area (Å²) in [6, 6.07) is 11.9. The number of hydrogen-bond acceptors (Lipinski definition) is 5. The van der Waals surface area contributed by atoms with E-state index in [0.717, 1.165) is 70.2 Å². The lowest BCUT2D eigenvalue weighted by molar-refractivity contribution is -0.137. The van der Waals surface area contributed by atoms with Crippen LogP contribution in [0.3, 0.4) is 0 Å². The summed E-state index contributed by atoms with van der Waals surface area (Å²) < 4.78 is 37.6. The van der Waals surface area contributed by atoms with Gasteiger partial charge in [-0.05, 0) is 66.5 Å². The van der Waals surface area contributed by atoms with Gasteiger partial charge < -0.3 is 14.7 Å². The molecule has 5 aliphatic heterocycles. The molecule has 10 heteroatoms. The molecule has 42 heavy (non-hydrogen) atoms. The van der Waals surface area contributed by atoms with Gasteiger partial charge in [0.15, 0.2) is 0 Å². The molecule has 0 radical (unpaired) electrons. The number of ether oxygens (including phenoxy) is 1. The summed E-state index contributed by atoms with van der Waals surface area (Å²) in [7, 11) is 0. The average Bonchev–Trinajstić information content (AvgIpc) is 3.38. The minimum Gasteiger partial charge on any atom is -0.493 e. The molecule has 0 fully saturated rings. The zero-order valence-electron chi connectivity index (χ0n) is 23.4. The second-order valence-corrected chi connectivity index (χ2v) is 11.1. The van der Waals surface area contributed by atoms with Crippen molar-refractivity contribution < 1.29 is 28.2 Å². The summed E-state index contributed by atoms with van der Waals surface area (Å²) in [5.74, 6) is -3.97. The van der Waals surface area contributed by atoms with Gasteiger partial charge in [-0.3, -0.25) is 9.59 Å². The first-order valence-electron chi connectivity index (χ1n) is 14.4. The number of carbonyl (C=O) groups is 2. The SMILES string of the molecule is Cc1c2ccc3c1nnn3CCCCCCOc1cc(F)c(c(F)c1)C(=O)N1CCc3ccc(cc3C1)C2CC(=O)O. The van der Waals surface area contributed by atoms with E-state index in [1.165, 1.54) is 4.90 Å². The molecular weight excluding hydrogens is 542 g/mol. The highest BCUT2D eigenvalue weighted by atomic mass is 19.1. The minimum absolute atomic E-state index is 0.0571. The number of aryl methyl sites for hydroxylation is 2. The Hall–Kier alpha value is -4.34. The van der Waals surface area contributed by atoms with Gasteiger partial charge in [0.05, 0.1) is 18.5 Å². The van der Waals surface area contributed by atoms with E-state index in [0.29, 0.717) is 32.5 Å². The Kier molecular flexibility index (Phi) is 7.62. The van der Waals surface area contributed by atoms with Crippen molar-refractivity contribution in [3.05, 3.63) is 87.5 Å². The molecule has 8 nitrogen and oxygen atoms in total. The lowest BCUT2D eigenvalue weighted by Gasteiger charge is -2.30. The van der Waals surface area contributed by atoms with Gasteiger partial charge in [-0.15, -0.1) is 5.10 Å². The number of benzene rings is 3. The Morgan fingerprint density at radius 2 is 1.81 bits per heavy atom. The first kappa shape index (κ1) is 27.8. The van der Waals surface area contributed by atoms with E-state index < -0.39 is 35.0 Å². The number of rotatable bonds is 2. The molecule has 1 N–H and O–H groups in total. The maximum atomic E-state index is 15.0. The van der Waals surface area contributed by atoms with E-state index in [1.54, 1.807) is 0 Å². The zero-order valence-corrected chi connectivity index (χ0v) is 23.4. The highest BCUT2D eigenvalue weighted by Gasteiger charge is 2.29. The minimum atomic E-state index is -0.951. The van der Waals surface area contributed by atoms with E-state index in [-0.39, 0.29) is 18.7 Å². The summed E-state index contributed by atoms with van der Waals surface area (Å²) in [6.45, 7) is 3.41. The fraction of sp³-hybridized carbons (Fsp3) is 0.375. The second-order valence-electron chi connectivity index (χ2n) is 11.1. The summed E-state index contributed by atoms with van der Waals surface area (Å²) in [4.78, 5) is 26.8. The Balaban J connectivity index is 1.41. The van der Waals surface area contributed by atoms with Crippen LogP contribution in [0.2, 0.25) is 0 Å². The molecule has 218 valence electrons. The van der Waals surface area contributed by atoms with Crippen LogP contribution in [0.15, 0.2) is 42.5 Å². The van der Waals surface area contributed by atoms with Crippen molar-refractivity contribution in [2.45, 2.75) is 64.5 Å². The lowest BCUT2D eigenvalue weighted by atomic mass is 9.83. The fourth-order valence-corrected chi connectivity index (χ4v) is 6.18. The average molecular weight is 575 g/mol. The van der Waals surface area contributed by atoms with Gasteiger partial charge in [0.1, 0.15) is 28.5 Å². The summed E-state index contributed by atoms with van der Waals surface area (Å²) in [5.41, 5.74) is 5.41. The van der Waals surface area contributed by atoms with Crippen LogP contribution in [0.5, 0.6) is 5.75 Å². The van der Waals surface area contributed by atoms with Crippen molar-refractivity contribution in [3.8, 4) is 5.75 Å². The highest BCUT2D eigenvalue weighted by Crippen LogP contribution is 2.35. The van der Waals surface area contributed by atoms with Crippen molar-refractivity contribution in [2.24, 2.45) is 0 Å². The van der Waals surface area contributed by atoms with Crippen LogP contribution in [0.1, 0.15) is 76.2 Å². The van der Waals surface area contributed by atoms with Crippen molar-refractivity contribution >= 4 is 22.9 Å². The predicted molar refractivity (Wildman–Crippen MR) is 152 cm³/mol. The number of carboxylic acid groups (broad SMARTS) is 1. The number of hydrogen-bond donors (Lipinski definition) is 1. The van der Waals surface area contributed by atoms with Gasteiger partial charge in [0.25, 0.3) is 5.91 Å². The van der Waals surface area contributed by atoms with Gasteiger partial charge in [-0.1, -0.05) is 35.9 Å². The lowest BCUT2D eigenvalue weighted by Crippen LogP contribution is -2.37. The third kappa shape index (κ3) is 5.33. The summed E-state index contributed by atoms with van der Waals surface area (Å²) in [6.07, 6.45) is 3.74. The number of halogens is 2. The molecular formula is C32H32F2N4O4. The Morgan fingerprint density at radius 3 is 2.60 bits per heavy atom. The number of carbonyl (C=O) groups excluding carboxylic acids is 1. The summed E-state index contributed by atoms with van der Waals surface area (Å²) >= 11 is 0. The van der Waals surface area contributed by atoms with Crippen LogP contribution in [-0.4, -0.2) is 50.0 Å². The monoisotopic (exact) mass is 574 g/mol. The van der Waals surface area contributed by atoms with Crippen LogP contribution >= 0.6 is 0 Å². The third-order valence-electron chi connectivity index (χ3n) is 8.43. The molecule has 1 unspecified atom stereocenters. The van der Waals surface area contributed by atoms with E-state index in [9.17, 15) is 14.7 Å². The quantitative estimate of drug-likeness (QED) is 0.326. The van der Waals surface area contributed by atoms with Crippen molar-refractivity contribution in [1.82, 2.24) is 19.9 Å². The van der Waals surface area contributed by atoms with E-state index >= 15 is 8.78 Å². The third-order valence-corrected chi connectivity index (χ3v) is 8.43. The van der Waals surface area contributed by atoms with Gasteiger partial charge in [-0.25, -0.2) is 13.5 Å². The molecule has 6 heterocycles. The molecule has 9 bridgehead atoms. The van der Waals surface area contributed by atoms with Crippen molar-refractivity contribution in [2.75, 3.05) is 13.2 Å². The van der Waals surface area contributed by atoms with Crippen molar-refractivity contribution in [3.63, 3.8) is 0 Å². The molecule has 4 aromatic rings. The van der Waals surface area contributed by atoms with Gasteiger partial charge in [0, 0.05) is 37.7 Å². The van der Waals surface area contributed by atoms with E-state index in [4.69, 9.17) is 4.74 Å². The maximum absolute atomic E-state index is 15.0. The molecule has 0 aliphatic carbocycles. The molecule has 5 aliphatic rings. The van der Waals surface area contributed by atoms with E-state index in [1.807, 2.05) is 41.9 Å². The Labute approximate surface area is 241 Å². The molecule has 1 amide bonds. The van der Waals surface area contributed by atoms with Crippen molar-refractivity contribution in [1.29, 1.82) is 0 Å². The zero-order chi connectivity index (χ0) is 29.4. The predicted octanol–water partition coefficient (Wildman–Crippen LogP) is 5.78. The number of carboxylic acids is 1. The molecule has 0 saturated heterocycles. The van der Waals surface area contributed by atoms with Crippen LogP contribution in [0.25, 0.3) is 11.0 Å². The normalized spacial score (nSPS) is 17.7. The topological polar surface area (TPSA) is 97.5 Å². The molecule has 0 saturated carbocycles. The fourth-order valence-electron chi connectivity index (χ4n) is 6.18. The number of nitrogens with zero attached hydrogens (tertiary/aromatic N) is 4. The molecule has 1 aromatic heterocycles. The van der Waals surface area contributed by atoms with Gasteiger partial charge in [-0.2, -0.15) is 0 Å². The highest BCUT2D eigenvalue weighted by molar-refractivity contribution is 5.95. The van der Waals surface area contributed by atoms with Crippen LogP contribution in [0.4, 0.5) is 8.78 Å². The largest absolute Gasteiger partial charge is 0.493 e. The molecule has 0 spiro atoms. The molecule has 3 aromatic carbocycles. The standard InChI is InChI=1S/C32H32F2N4O4/c1-19-24-8-9-28-31(19)35-36-38(28)11-4-2-3-5-13-42-23-15-26(33)30(27(34)16-23)32(41)37-12-10-20-6-7-21(14-22(20)18-37)25(24)17-29(39)40/h6-9,14-16,25H,2-5,10-13,17-18H2,1H3,(H,39,40). The number of amides is 1. The van der Waals surface area contributed by atoms with Crippen LogP contribution in [-0.2, 0) is 24.3 Å². The number of aromatic nitrogens is 3. The Bertz CT molecular complexity index is 1660. The first-order chi connectivity index (χ1) is 20.3. The van der Waals surface area contributed by atoms with Gasteiger partial charge >= 0.3 is 5.97 Å². The summed E-state index contributed by atoms with van der Waals surface area (Å²) in [5, 5.41) is 18.7. The first-order valence-corrected chi connectivity index (χ1v) is 14.4. The van der Waals surface area contributed by atoms with Crippen LogP contribution < -0.4 is 4.74 Å². The smallest absolute Gasteiger partial charge is 0.304 e. The van der Waals surface area contributed by atoms with E-state index in [2.05, 4.69) is 10.3 Å². The molecule has 9 rings (SSSR count). The number of aliphatic carboxylic acids is 1. The Morgan fingerprint density at radius 1 is 1.02 bits per heavy atom. The second kappa shape index (κ2) is 11.5. The maximum Gasteiger partial charge on any atom is 0.304 e. The van der Waals surface area contributed by atoms with Gasteiger partial charge in [0.2, 0.25) is 0 Å². The van der Waals surface area contributed by atoms with Crippen LogP contribution in [0, 0.1) is 18.6 Å². The molecule has 1 atom stereocenters.